The topological polar surface area (TPSA) is 43.3 Å². The predicted molar refractivity (Wildman–Crippen MR) is 90.7 cm³/mol. The van der Waals surface area contributed by atoms with Gasteiger partial charge in [0.05, 0.1) is 6.61 Å². The van der Waals surface area contributed by atoms with E-state index in [9.17, 15) is 4.79 Å². The third-order valence-corrected chi connectivity index (χ3v) is 5.87. The summed E-state index contributed by atoms with van der Waals surface area (Å²) in [6.45, 7) is 4.37. The minimum absolute atomic E-state index is 0.162. The molecule has 1 N–H and O–H groups in total. The van der Waals surface area contributed by atoms with Crippen LogP contribution in [0.2, 0.25) is 0 Å². The van der Waals surface area contributed by atoms with Gasteiger partial charge in [-0.2, -0.15) is 0 Å². The van der Waals surface area contributed by atoms with Crippen molar-refractivity contribution in [3.63, 3.8) is 0 Å². The minimum atomic E-state index is 0.162. The van der Waals surface area contributed by atoms with Crippen molar-refractivity contribution in [1.29, 1.82) is 0 Å². The molecule has 0 spiro atoms. The van der Waals surface area contributed by atoms with Crippen molar-refractivity contribution >= 4 is 0 Å². The largest absolute Gasteiger partial charge is 0.376 e. The monoisotopic (exact) mass is 316 g/mol. The number of aromatic nitrogens is 1. The number of piperidine rings is 1. The molecule has 2 fully saturated rings. The van der Waals surface area contributed by atoms with E-state index in [1.54, 1.807) is 6.07 Å². The van der Waals surface area contributed by atoms with Crippen molar-refractivity contribution in [3.8, 4) is 0 Å². The van der Waals surface area contributed by atoms with Gasteiger partial charge in [-0.1, -0.05) is 19.3 Å². The van der Waals surface area contributed by atoms with E-state index >= 15 is 0 Å². The van der Waals surface area contributed by atoms with Gasteiger partial charge < -0.3 is 14.6 Å². The van der Waals surface area contributed by atoms with Gasteiger partial charge in [0.25, 0.3) is 5.56 Å². The van der Waals surface area contributed by atoms with Crippen molar-refractivity contribution < 1.29 is 4.74 Å². The molecule has 1 aromatic rings. The molecule has 4 heteroatoms. The van der Waals surface area contributed by atoms with E-state index < -0.39 is 0 Å². The maximum absolute atomic E-state index is 12.5. The molecular weight excluding hydrogens is 288 g/mol. The molecule has 3 aliphatic rings. The van der Waals surface area contributed by atoms with Crippen LogP contribution < -0.4 is 10.9 Å². The van der Waals surface area contributed by atoms with Gasteiger partial charge in [0.2, 0.25) is 0 Å². The highest BCUT2D eigenvalue weighted by atomic mass is 16.5. The maximum Gasteiger partial charge on any atom is 0.251 e. The number of fused-ring (bicyclic) bond motifs is 4. The Balaban J connectivity index is 1.43. The molecule has 2 unspecified atom stereocenters. The first-order valence-electron chi connectivity index (χ1n) is 9.31. The number of nitrogens with zero attached hydrogens (tertiary/aromatic N) is 1. The van der Waals surface area contributed by atoms with E-state index in [2.05, 4.69) is 11.4 Å². The van der Waals surface area contributed by atoms with E-state index in [1.807, 2.05) is 4.57 Å². The molecule has 1 aliphatic carbocycles. The fourth-order valence-electron chi connectivity index (χ4n) is 4.64. The lowest BCUT2D eigenvalue weighted by atomic mass is 9.84. The molecule has 4 nitrogen and oxygen atoms in total. The Morgan fingerprint density at radius 3 is 2.91 bits per heavy atom. The molecule has 1 saturated carbocycles. The summed E-state index contributed by atoms with van der Waals surface area (Å²) in [5, 5.41) is 3.51. The van der Waals surface area contributed by atoms with Crippen LogP contribution in [-0.2, 0) is 17.9 Å². The third-order valence-electron chi connectivity index (χ3n) is 5.87. The molecule has 2 bridgehead atoms. The second kappa shape index (κ2) is 6.78. The zero-order chi connectivity index (χ0) is 15.6. The van der Waals surface area contributed by atoms with Gasteiger partial charge in [-0.15, -0.1) is 0 Å². The molecule has 23 heavy (non-hydrogen) atoms. The number of pyridine rings is 1. The fraction of sp³-hybridized carbons (Fsp3) is 0.737. The number of rotatable bonds is 4. The van der Waals surface area contributed by atoms with Gasteiger partial charge in [-0.25, -0.2) is 0 Å². The molecule has 0 amide bonds. The van der Waals surface area contributed by atoms with E-state index in [0.717, 1.165) is 37.7 Å². The van der Waals surface area contributed by atoms with Crippen LogP contribution in [0.25, 0.3) is 0 Å². The maximum atomic E-state index is 12.5. The number of hydrogen-bond donors (Lipinski definition) is 1. The van der Waals surface area contributed by atoms with Crippen LogP contribution in [0.4, 0.5) is 0 Å². The molecule has 0 aromatic carbocycles. The Bertz CT molecular complexity index is 604. The SMILES string of the molecule is O=c1cc(COCC2CCCCC2)cc2n1CC1CNCC2C1. The van der Waals surface area contributed by atoms with E-state index in [-0.39, 0.29) is 5.56 Å². The Hall–Kier alpha value is -1.13. The summed E-state index contributed by atoms with van der Waals surface area (Å²) < 4.78 is 7.95. The van der Waals surface area contributed by atoms with Crippen molar-refractivity contribution in [2.24, 2.45) is 11.8 Å². The summed E-state index contributed by atoms with van der Waals surface area (Å²) in [7, 11) is 0. The summed E-state index contributed by atoms with van der Waals surface area (Å²) >= 11 is 0. The van der Waals surface area contributed by atoms with Crippen LogP contribution in [0.15, 0.2) is 16.9 Å². The Morgan fingerprint density at radius 2 is 2.04 bits per heavy atom. The molecule has 126 valence electrons. The van der Waals surface area contributed by atoms with Gasteiger partial charge in [-0.3, -0.25) is 4.79 Å². The Kier molecular flexibility index (Phi) is 4.54. The second-order valence-electron chi connectivity index (χ2n) is 7.71. The van der Waals surface area contributed by atoms with Crippen LogP contribution in [0.5, 0.6) is 0 Å². The first kappa shape index (κ1) is 15.4. The fourth-order valence-corrected chi connectivity index (χ4v) is 4.64. The van der Waals surface area contributed by atoms with E-state index in [1.165, 1.54) is 44.2 Å². The zero-order valence-electron chi connectivity index (χ0n) is 13.9. The van der Waals surface area contributed by atoms with E-state index in [0.29, 0.717) is 18.4 Å². The molecule has 3 heterocycles. The van der Waals surface area contributed by atoms with Gasteiger partial charge in [0.1, 0.15) is 0 Å². The highest BCUT2D eigenvalue weighted by molar-refractivity contribution is 5.23. The molecule has 2 atom stereocenters. The third kappa shape index (κ3) is 3.38. The molecule has 1 saturated heterocycles. The molecule has 0 radical (unpaired) electrons. The minimum Gasteiger partial charge on any atom is -0.376 e. The lowest BCUT2D eigenvalue weighted by Crippen LogP contribution is -2.45. The summed E-state index contributed by atoms with van der Waals surface area (Å²) in [6, 6.07) is 4.01. The van der Waals surface area contributed by atoms with Gasteiger partial charge >= 0.3 is 0 Å². The van der Waals surface area contributed by atoms with Crippen LogP contribution in [0.1, 0.15) is 55.7 Å². The van der Waals surface area contributed by atoms with Crippen molar-refractivity contribution in [3.05, 3.63) is 33.7 Å². The predicted octanol–water partition coefficient (Wildman–Crippen LogP) is 2.65. The van der Waals surface area contributed by atoms with Crippen LogP contribution >= 0.6 is 0 Å². The highest BCUT2D eigenvalue weighted by Crippen LogP contribution is 2.32. The molecule has 4 rings (SSSR count). The highest BCUT2D eigenvalue weighted by Gasteiger charge is 2.31. The normalized spacial score (nSPS) is 27.7. The van der Waals surface area contributed by atoms with Crippen LogP contribution in [-0.4, -0.2) is 24.3 Å². The molecule has 2 aliphatic heterocycles. The lowest BCUT2D eigenvalue weighted by Gasteiger charge is -2.37. The standard InChI is InChI=1S/C19H28N2O2/c22-19-8-15(13-23-12-14-4-2-1-3-5-14)7-18-17-6-16(9-20-10-17)11-21(18)19/h7-8,14,16-17,20H,1-6,9-13H2. The Labute approximate surface area is 138 Å². The number of ether oxygens (including phenoxy) is 1. The molecular formula is C19H28N2O2. The first-order valence-corrected chi connectivity index (χ1v) is 9.31. The van der Waals surface area contributed by atoms with Crippen LogP contribution in [0.3, 0.4) is 0 Å². The summed E-state index contributed by atoms with van der Waals surface area (Å²) in [5.41, 5.74) is 2.44. The molecule has 1 aromatic heterocycles. The zero-order valence-corrected chi connectivity index (χ0v) is 13.9. The van der Waals surface area contributed by atoms with E-state index in [4.69, 9.17) is 4.74 Å². The van der Waals surface area contributed by atoms with Crippen LogP contribution in [0, 0.1) is 11.8 Å². The van der Waals surface area contributed by atoms with Crippen molar-refractivity contribution in [2.45, 2.75) is 57.6 Å². The quantitative estimate of drug-likeness (QED) is 0.929. The second-order valence-corrected chi connectivity index (χ2v) is 7.71. The summed E-state index contributed by atoms with van der Waals surface area (Å²) in [4.78, 5) is 12.5. The lowest BCUT2D eigenvalue weighted by molar-refractivity contribution is 0.0736. The Morgan fingerprint density at radius 1 is 1.17 bits per heavy atom. The van der Waals surface area contributed by atoms with Gasteiger partial charge in [0.15, 0.2) is 0 Å². The van der Waals surface area contributed by atoms with Crippen molar-refractivity contribution in [1.82, 2.24) is 9.88 Å². The number of hydrogen-bond acceptors (Lipinski definition) is 3. The smallest absolute Gasteiger partial charge is 0.251 e. The van der Waals surface area contributed by atoms with Gasteiger partial charge in [-0.05, 0) is 49.3 Å². The summed E-state index contributed by atoms with van der Waals surface area (Å²) in [5.74, 6) is 1.84. The van der Waals surface area contributed by atoms with Crippen molar-refractivity contribution in [2.75, 3.05) is 19.7 Å². The summed E-state index contributed by atoms with van der Waals surface area (Å²) in [6.07, 6.45) is 7.92. The van der Waals surface area contributed by atoms with Gasteiger partial charge in [0, 0.05) is 37.4 Å². The average Bonchev–Trinajstić information content (AvgIpc) is 2.57. The first-order chi connectivity index (χ1) is 11.3. The average molecular weight is 316 g/mol. The number of nitrogens with one attached hydrogen (secondary N) is 1.